The zero-order valence-electron chi connectivity index (χ0n) is 12.0. The van der Waals surface area contributed by atoms with Crippen LogP contribution in [0.25, 0.3) is 6.08 Å². The summed E-state index contributed by atoms with van der Waals surface area (Å²) in [4.78, 5) is 12.0. The zero-order valence-corrected chi connectivity index (χ0v) is 12.0. The molecule has 0 aromatic carbocycles. The Morgan fingerprint density at radius 2 is 2.21 bits per heavy atom. The number of rotatable bonds is 6. The van der Waals surface area contributed by atoms with Crippen LogP contribution in [0.4, 0.5) is 0 Å². The van der Waals surface area contributed by atoms with Crippen molar-refractivity contribution in [2.24, 2.45) is 5.92 Å². The van der Waals surface area contributed by atoms with Crippen molar-refractivity contribution in [3.05, 3.63) is 29.7 Å². The molecule has 0 fully saturated rings. The summed E-state index contributed by atoms with van der Waals surface area (Å²) < 4.78 is 5.17. The third-order valence-corrected chi connectivity index (χ3v) is 3.11. The van der Waals surface area contributed by atoms with Gasteiger partial charge in [-0.25, -0.2) is 0 Å². The van der Waals surface area contributed by atoms with Crippen molar-refractivity contribution < 1.29 is 14.3 Å². The van der Waals surface area contributed by atoms with E-state index in [1.807, 2.05) is 20.8 Å². The van der Waals surface area contributed by atoms with Gasteiger partial charge in [0.2, 0.25) is 5.91 Å². The molecular formula is C15H23NO3. The van der Waals surface area contributed by atoms with Crippen LogP contribution in [0.15, 0.2) is 28.4 Å². The highest BCUT2D eigenvalue weighted by molar-refractivity contribution is 5.97. The molecule has 0 saturated heterocycles. The molecule has 0 aliphatic rings. The standard InChI is InChI=1S/C15H23NO3/c1-5-13(14(17)10(2)3)16-15(18)11(4)9-12-7-6-8-19-12/h6-10,13-14,17H,5H2,1-4H3,(H,16,18). The maximum absolute atomic E-state index is 12.0. The molecule has 2 atom stereocenters. The number of furan rings is 1. The molecule has 1 aromatic heterocycles. The van der Waals surface area contributed by atoms with Crippen molar-refractivity contribution in [2.75, 3.05) is 0 Å². The molecule has 1 rings (SSSR count). The molecule has 1 aromatic rings. The van der Waals surface area contributed by atoms with Gasteiger partial charge in [-0.1, -0.05) is 20.8 Å². The van der Waals surface area contributed by atoms with Crippen molar-refractivity contribution in [1.29, 1.82) is 0 Å². The Balaban J connectivity index is 2.67. The zero-order chi connectivity index (χ0) is 14.4. The van der Waals surface area contributed by atoms with E-state index in [0.717, 1.165) is 0 Å². The number of carbonyl (C=O) groups excluding carboxylic acids is 1. The van der Waals surface area contributed by atoms with Crippen molar-refractivity contribution in [1.82, 2.24) is 5.32 Å². The fraction of sp³-hybridized carbons (Fsp3) is 0.533. The van der Waals surface area contributed by atoms with Gasteiger partial charge >= 0.3 is 0 Å². The first-order chi connectivity index (χ1) is 8.95. The van der Waals surface area contributed by atoms with Crippen LogP contribution in [-0.4, -0.2) is 23.2 Å². The van der Waals surface area contributed by atoms with E-state index in [4.69, 9.17) is 4.42 Å². The van der Waals surface area contributed by atoms with Gasteiger partial charge in [0, 0.05) is 5.57 Å². The van der Waals surface area contributed by atoms with Crippen molar-refractivity contribution >= 4 is 12.0 Å². The number of amides is 1. The molecule has 0 aliphatic carbocycles. The highest BCUT2D eigenvalue weighted by atomic mass is 16.3. The van der Waals surface area contributed by atoms with Crippen LogP contribution in [-0.2, 0) is 4.79 Å². The highest BCUT2D eigenvalue weighted by Gasteiger charge is 2.22. The Morgan fingerprint density at radius 3 is 2.68 bits per heavy atom. The third-order valence-electron chi connectivity index (χ3n) is 3.11. The van der Waals surface area contributed by atoms with Crippen molar-refractivity contribution in [2.45, 2.75) is 46.3 Å². The molecule has 2 N–H and O–H groups in total. The van der Waals surface area contributed by atoms with Gasteiger partial charge in [-0.2, -0.15) is 0 Å². The molecule has 4 nitrogen and oxygen atoms in total. The predicted molar refractivity (Wildman–Crippen MR) is 75.4 cm³/mol. The summed E-state index contributed by atoms with van der Waals surface area (Å²) in [6, 6.07) is 3.33. The molecule has 0 spiro atoms. The first-order valence-corrected chi connectivity index (χ1v) is 6.66. The smallest absolute Gasteiger partial charge is 0.247 e. The quantitative estimate of drug-likeness (QED) is 0.777. The van der Waals surface area contributed by atoms with Gasteiger partial charge in [-0.05, 0) is 37.5 Å². The Kier molecular flexibility index (Phi) is 5.83. The summed E-state index contributed by atoms with van der Waals surface area (Å²) in [5, 5.41) is 12.9. The summed E-state index contributed by atoms with van der Waals surface area (Å²) in [7, 11) is 0. The van der Waals surface area contributed by atoms with E-state index in [1.54, 1.807) is 31.4 Å². The third kappa shape index (κ3) is 4.56. The fourth-order valence-corrected chi connectivity index (χ4v) is 1.83. The summed E-state index contributed by atoms with van der Waals surface area (Å²) in [5.41, 5.74) is 0.560. The summed E-state index contributed by atoms with van der Waals surface area (Å²) >= 11 is 0. The number of nitrogens with one attached hydrogen (secondary N) is 1. The molecule has 1 heterocycles. The number of hydrogen-bond acceptors (Lipinski definition) is 3. The van der Waals surface area contributed by atoms with E-state index < -0.39 is 6.10 Å². The monoisotopic (exact) mass is 265 g/mol. The van der Waals surface area contributed by atoms with E-state index in [9.17, 15) is 9.90 Å². The molecule has 0 aliphatic heterocycles. The van der Waals surface area contributed by atoms with Crippen LogP contribution in [0.1, 0.15) is 39.9 Å². The van der Waals surface area contributed by atoms with E-state index in [-0.39, 0.29) is 17.9 Å². The van der Waals surface area contributed by atoms with Crippen LogP contribution in [0, 0.1) is 5.92 Å². The average Bonchev–Trinajstić information content (AvgIpc) is 2.87. The van der Waals surface area contributed by atoms with Gasteiger partial charge in [0.05, 0.1) is 18.4 Å². The highest BCUT2D eigenvalue weighted by Crippen LogP contribution is 2.11. The maximum atomic E-state index is 12.0. The van der Waals surface area contributed by atoms with Gasteiger partial charge < -0.3 is 14.8 Å². The van der Waals surface area contributed by atoms with E-state index >= 15 is 0 Å². The minimum atomic E-state index is -0.537. The minimum Gasteiger partial charge on any atom is -0.465 e. The van der Waals surface area contributed by atoms with Crippen LogP contribution in [0.5, 0.6) is 0 Å². The van der Waals surface area contributed by atoms with Gasteiger partial charge in [-0.3, -0.25) is 4.79 Å². The van der Waals surface area contributed by atoms with Crippen LogP contribution in [0.2, 0.25) is 0 Å². The molecule has 0 bridgehead atoms. The largest absolute Gasteiger partial charge is 0.465 e. The molecule has 0 radical (unpaired) electrons. The second-order valence-electron chi connectivity index (χ2n) is 5.07. The summed E-state index contributed by atoms with van der Waals surface area (Å²) in [5.74, 6) is 0.577. The van der Waals surface area contributed by atoms with E-state index in [1.165, 1.54) is 0 Å². The maximum Gasteiger partial charge on any atom is 0.247 e. The lowest BCUT2D eigenvalue weighted by atomic mass is 9.97. The number of carbonyl (C=O) groups is 1. The first kappa shape index (κ1) is 15.5. The van der Waals surface area contributed by atoms with Gasteiger partial charge in [0.15, 0.2) is 0 Å². The van der Waals surface area contributed by atoms with Gasteiger partial charge in [-0.15, -0.1) is 0 Å². The lowest BCUT2D eigenvalue weighted by molar-refractivity contribution is -0.119. The van der Waals surface area contributed by atoms with Gasteiger partial charge in [0.25, 0.3) is 0 Å². The number of hydrogen-bond donors (Lipinski definition) is 2. The minimum absolute atomic E-state index is 0.111. The Bertz CT molecular complexity index is 421. The molecule has 19 heavy (non-hydrogen) atoms. The Morgan fingerprint density at radius 1 is 1.53 bits per heavy atom. The fourth-order valence-electron chi connectivity index (χ4n) is 1.83. The molecule has 0 saturated carbocycles. The van der Waals surface area contributed by atoms with Crippen LogP contribution >= 0.6 is 0 Å². The molecular weight excluding hydrogens is 242 g/mol. The number of aliphatic hydroxyl groups excluding tert-OH is 1. The van der Waals surface area contributed by atoms with E-state index in [0.29, 0.717) is 17.8 Å². The van der Waals surface area contributed by atoms with Crippen LogP contribution in [0.3, 0.4) is 0 Å². The molecule has 2 unspecified atom stereocenters. The van der Waals surface area contributed by atoms with Crippen molar-refractivity contribution in [3.63, 3.8) is 0 Å². The molecule has 1 amide bonds. The lowest BCUT2D eigenvalue weighted by Crippen LogP contribution is -2.45. The predicted octanol–water partition coefficient (Wildman–Crippen LogP) is 2.59. The lowest BCUT2D eigenvalue weighted by Gasteiger charge is -2.25. The SMILES string of the molecule is CCC(NC(=O)C(C)=Cc1ccco1)C(O)C(C)C. The summed E-state index contributed by atoms with van der Waals surface area (Å²) in [6.45, 7) is 7.55. The molecule has 4 heteroatoms. The normalized spacial score (nSPS) is 15.4. The van der Waals surface area contributed by atoms with Gasteiger partial charge in [0.1, 0.15) is 5.76 Å². The Hall–Kier alpha value is -1.55. The average molecular weight is 265 g/mol. The summed E-state index contributed by atoms with van der Waals surface area (Å²) in [6.07, 6.45) is 3.41. The first-order valence-electron chi connectivity index (χ1n) is 6.66. The molecule has 106 valence electrons. The van der Waals surface area contributed by atoms with E-state index in [2.05, 4.69) is 5.32 Å². The van der Waals surface area contributed by atoms with Crippen molar-refractivity contribution in [3.8, 4) is 0 Å². The Labute approximate surface area is 114 Å². The second-order valence-corrected chi connectivity index (χ2v) is 5.07. The second kappa shape index (κ2) is 7.14. The topological polar surface area (TPSA) is 62.5 Å². The number of aliphatic hydroxyl groups is 1. The van der Waals surface area contributed by atoms with Crippen LogP contribution < -0.4 is 5.32 Å².